The van der Waals surface area contributed by atoms with E-state index in [1.807, 2.05) is 0 Å². The zero-order chi connectivity index (χ0) is 56.2. The molecule has 0 aromatic rings. The molecular formula is C74H131NO3. The molecule has 1 amide bonds. The highest BCUT2D eigenvalue weighted by atomic mass is 16.3. The first kappa shape index (κ1) is 75.0. The number of rotatable bonds is 62. The molecule has 4 heteroatoms. The lowest BCUT2D eigenvalue weighted by atomic mass is 10.0. The fourth-order valence-corrected chi connectivity index (χ4v) is 10.2. The maximum Gasteiger partial charge on any atom is 0.220 e. The van der Waals surface area contributed by atoms with Crippen LogP contribution in [0.5, 0.6) is 0 Å². The van der Waals surface area contributed by atoms with Gasteiger partial charge in [-0.3, -0.25) is 4.79 Å². The summed E-state index contributed by atoms with van der Waals surface area (Å²) in [5, 5.41) is 23.4. The smallest absolute Gasteiger partial charge is 0.220 e. The van der Waals surface area contributed by atoms with E-state index in [1.54, 1.807) is 0 Å². The van der Waals surface area contributed by atoms with Crippen molar-refractivity contribution in [1.29, 1.82) is 0 Å². The monoisotopic (exact) mass is 1080 g/mol. The van der Waals surface area contributed by atoms with Gasteiger partial charge < -0.3 is 15.5 Å². The molecule has 0 aromatic heterocycles. The van der Waals surface area contributed by atoms with Crippen molar-refractivity contribution in [3.05, 3.63) is 109 Å². The van der Waals surface area contributed by atoms with Gasteiger partial charge in [-0.1, -0.05) is 354 Å². The second-order valence-electron chi connectivity index (χ2n) is 22.9. The lowest BCUT2D eigenvalue weighted by Crippen LogP contribution is -2.45. The van der Waals surface area contributed by atoms with Crippen molar-refractivity contribution in [2.45, 2.75) is 347 Å². The molecule has 0 rings (SSSR count). The average molecular weight is 1080 g/mol. The second kappa shape index (κ2) is 68.3. The summed E-state index contributed by atoms with van der Waals surface area (Å²) >= 11 is 0. The van der Waals surface area contributed by atoms with E-state index in [9.17, 15) is 15.0 Å². The van der Waals surface area contributed by atoms with E-state index < -0.39 is 12.1 Å². The van der Waals surface area contributed by atoms with E-state index in [4.69, 9.17) is 0 Å². The van der Waals surface area contributed by atoms with E-state index in [2.05, 4.69) is 129 Å². The van der Waals surface area contributed by atoms with Gasteiger partial charge in [0.2, 0.25) is 5.91 Å². The number of aliphatic hydroxyl groups is 2. The SMILES string of the molecule is CC/C=C\C/C=C\C/C=C\C/C=C\C/C=C\C/C=C\C/C=C\C/C=C\C/C=C\CCCCCCCCCCCCCCCC(=O)NC(CO)C(O)CCCCCCCCCCCCCCCCCCCCCCCCCCC. The molecule has 450 valence electrons. The number of hydrogen-bond acceptors (Lipinski definition) is 3. The van der Waals surface area contributed by atoms with E-state index in [1.165, 1.54) is 225 Å². The minimum absolute atomic E-state index is 0.0319. The van der Waals surface area contributed by atoms with Gasteiger partial charge in [-0.15, -0.1) is 0 Å². The summed E-state index contributed by atoms with van der Waals surface area (Å²) in [6.45, 7) is 4.27. The molecule has 2 atom stereocenters. The van der Waals surface area contributed by atoms with Gasteiger partial charge in [0.1, 0.15) is 0 Å². The number of unbranched alkanes of at least 4 members (excludes halogenated alkanes) is 37. The Morgan fingerprint density at radius 2 is 0.564 bits per heavy atom. The largest absolute Gasteiger partial charge is 0.394 e. The Hall–Kier alpha value is -2.95. The molecule has 3 N–H and O–H groups in total. The fraction of sp³-hybridized carbons (Fsp3) is 0.743. The van der Waals surface area contributed by atoms with Crippen LogP contribution >= 0.6 is 0 Å². The number of nitrogens with one attached hydrogen (secondary N) is 1. The molecule has 0 spiro atoms. The molecule has 0 saturated heterocycles. The number of amides is 1. The lowest BCUT2D eigenvalue weighted by Gasteiger charge is -2.22. The molecule has 0 radical (unpaired) electrons. The Morgan fingerprint density at radius 3 is 0.846 bits per heavy atom. The van der Waals surface area contributed by atoms with Gasteiger partial charge in [0.25, 0.3) is 0 Å². The van der Waals surface area contributed by atoms with Crippen molar-refractivity contribution in [2.75, 3.05) is 6.61 Å². The van der Waals surface area contributed by atoms with Gasteiger partial charge in [-0.25, -0.2) is 0 Å². The number of hydrogen-bond donors (Lipinski definition) is 3. The normalized spacial score (nSPS) is 13.4. The van der Waals surface area contributed by atoms with Crippen LogP contribution in [-0.2, 0) is 4.79 Å². The number of aliphatic hydroxyl groups excluding tert-OH is 2. The molecule has 0 heterocycles. The molecule has 78 heavy (non-hydrogen) atoms. The lowest BCUT2D eigenvalue weighted by molar-refractivity contribution is -0.123. The molecule has 0 aliphatic heterocycles. The van der Waals surface area contributed by atoms with Crippen LogP contribution in [0.1, 0.15) is 335 Å². The summed E-state index contributed by atoms with van der Waals surface area (Å²) in [6.07, 6.45) is 103. The summed E-state index contributed by atoms with van der Waals surface area (Å²) in [4.78, 5) is 12.6. The molecule has 2 unspecified atom stereocenters. The van der Waals surface area contributed by atoms with Gasteiger partial charge in [0, 0.05) is 6.42 Å². The Kier molecular flexibility index (Phi) is 65.7. The minimum Gasteiger partial charge on any atom is -0.394 e. The topological polar surface area (TPSA) is 69.6 Å². The second-order valence-corrected chi connectivity index (χ2v) is 22.9. The van der Waals surface area contributed by atoms with Crippen LogP contribution in [0.2, 0.25) is 0 Å². The van der Waals surface area contributed by atoms with Gasteiger partial charge in [-0.05, 0) is 83.5 Å². The third-order valence-corrected chi connectivity index (χ3v) is 15.3. The van der Waals surface area contributed by atoms with Crippen molar-refractivity contribution in [2.24, 2.45) is 0 Å². The maximum atomic E-state index is 12.6. The Labute approximate surface area is 486 Å². The summed E-state index contributed by atoms with van der Waals surface area (Å²) in [7, 11) is 0. The van der Waals surface area contributed by atoms with Crippen LogP contribution in [0.25, 0.3) is 0 Å². The Balaban J connectivity index is 3.50. The van der Waals surface area contributed by atoms with Crippen LogP contribution < -0.4 is 5.32 Å². The van der Waals surface area contributed by atoms with Crippen molar-refractivity contribution >= 4 is 5.91 Å². The van der Waals surface area contributed by atoms with Crippen LogP contribution in [0.4, 0.5) is 0 Å². The average Bonchev–Trinajstić information content (AvgIpc) is 3.44. The first-order valence-electron chi connectivity index (χ1n) is 34.1. The molecule has 0 aliphatic rings. The predicted octanol–water partition coefficient (Wildman–Crippen LogP) is 23.4. The van der Waals surface area contributed by atoms with Crippen LogP contribution in [0, 0.1) is 0 Å². The van der Waals surface area contributed by atoms with E-state index in [0.717, 1.165) is 83.5 Å². The molecule has 0 saturated carbocycles. The third kappa shape index (κ3) is 63.9. The molecule has 4 nitrogen and oxygen atoms in total. The third-order valence-electron chi connectivity index (χ3n) is 15.3. The number of carbonyl (C=O) groups is 1. The van der Waals surface area contributed by atoms with Crippen molar-refractivity contribution in [1.82, 2.24) is 5.32 Å². The molecular weight excluding hydrogens is 951 g/mol. The zero-order valence-electron chi connectivity index (χ0n) is 51.9. The molecule has 0 aliphatic carbocycles. The fourth-order valence-electron chi connectivity index (χ4n) is 10.2. The summed E-state index contributed by atoms with van der Waals surface area (Å²) in [5.41, 5.74) is 0. The van der Waals surface area contributed by atoms with Crippen LogP contribution in [-0.4, -0.2) is 34.9 Å². The van der Waals surface area contributed by atoms with Crippen molar-refractivity contribution in [3.63, 3.8) is 0 Å². The summed E-state index contributed by atoms with van der Waals surface area (Å²) < 4.78 is 0. The molecule has 0 fully saturated rings. The van der Waals surface area contributed by atoms with Gasteiger partial charge >= 0.3 is 0 Å². The standard InChI is InChI=1S/C74H131NO3/c1-3-5-7-9-11-13-15-17-19-21-23-25-27-29-30-31-32-33-34-35-36-37-38-39-40-41-42-43-44-46-48-50-52-54-56-58-60-62-64-66-68-70-74(78)75-72(71-76)73(77)69-67-65-63-61-59-57-55-53-51-49-47-45-28-26-24-22-20-18-16-14-12-10-8-6-4-2/h5,7,11,13,17,19,23,25,29-30,32-33,35-36,38-39,41-42,72-73,76-77H,3-4,6,8-10,12,14-16,18,20-22,24,26-28,31,34,37,40,43-71H2,1-2H3,(H,75,78)/b7-5-,13-11-,19-17-,25-23-,30-29-,33-32-,36-35-,39-38-,42-41-. The van der Waals surface area contributed by atoms with E-state index >= 15 is 0 Å². The van der Waals surface area contributed by atoms with Gasteiger partial charge in [-0.2, -0.15) is 0 Å². The zero-order valence-corrected chi connectivity index (χ0v) is 51.9. The van der Waals surface area contributed by atoms with Crippen molar-refractivity contribution in [3.8, 4) is 0 Å². The first-order valence-corrected chi connectivity index (χ1v) is 34.1. The molecule has 0 bridgehead atoms. The number of carbonyl (C=O) groups excluding carboxylic acids is 1. The van der Waals surface area contributed by atoms with E-state index in [-0.39, 0.29) is 12.5 Å². The predicted molar refractivity (Wildman–Crippen MR) is 349 cm³/mol. The van der Waals surface area contributed by atoms with Crippen LogP contribution in [0.3, 0.4) is 0 Å². The van der Waals surface area contributed by atoms with Gasteiger partial charge in [0.15, 0.2) is 0 Å². The quantitative estimate of drug-likeness (QED) is 0.0420. The molecule has 0 aromatic carbocycles. The Morgan fingerprint density at radius 1 is 0.321 bits per heavy atom. The van der Waals surface area contributed by atoms with Crippen LogP contribution in [0.15, 0.2) is 109 Å². The summed E-state index contributed by atoms with van der Waals surface area (Å²) in [5.74, 6) is -0.0319. The highest BCUT2D eigenvalue weighted by molar-refractivity contribution is 5.76. The summed E-state index contributed by atoms with van der Waals surface area (Å²) in [6, 6.07) is -0.544. The highest BCUT2D eigenvalue weighted by Gasteiger charge is 2.20. The van der Waals surface area contributed by atoms with Crippen molar-refractivity contribution < 1.29 is 15.0 Å². The minimum atomic E-state index is -0.667. The highest BCUT2D eigenvalue weighted by Crippen LogP contribution is 2.18. The maximum absolute atomic E-state index is 12.6. The van der Waals surface area contributed by atoms with Gasteiger partial charge in [0.05, 0.1) is 18.8 Å². The number of allylic oxidation sites excluding steroid dienone is 18. The van der Waals surface area contributed by atoms with E-state index in [0.29, 0.717) is 12.8 Å². The Bertz CT molecular complexity index is 1460. The first-order chi connectivity index (χ1) is 38.7.